The van der Waals surface area contributed by atoms with Crippen molar-refractivity contribution < 1.29 is 4.74 Å². The number of imidazole rings is 1. The normalized spacial score (nSPS) is 11.1. The Morgan fingerprint density at radius 2 is 1.97 bits per heavy atom. The van der Waals surface area contributed by atoms with E-state index in [9.17, 15) is 0 Å². The molecule has 0 radical (unpaired) electrons. The molecule has 3 heterocycles. The molecule has 0 spiro atoms. The number of benzene rings is 2. The molecule has 8 heteroatoms. The number of hydrogen-bond acceptors (Lipinski definition) is 5. The number of nitrogens with two attached hydrogens (primary N) is 1. The summed E-state index contributed by atoms with van der Waals surface area (Å²) in [5.41, 5.74) is 9.74. The quantitative estimate of drug-likeness (QED) is 0.425. The van der Waals surface area contributed by atoms with Crippen LogP contribution in [0.1, 0.15) is 0 Å². The maximum atomic E-state index is 6.24. The highest BCUT2D eigenvalue weighted by molar-refractivity contribution is 6.31. The van der Waals surface area contributed by atoms with E-state index in [4.69, 9.17) is 22.1 Å². The van der Waals surface area contributed by atoms with Gasteiger partial charge in [0, 0.05) is 35.2 Å². The van der Waals surface area contributed by atoms with Crippen LogP contribution >= 0.6 is 11.6 Å². The molecule has 0 amide bonds. The minimum absolute atomic E-state index is 0.423. The summed E-state index contributed by atoms with van der Waals surface area (Å²) < 4.78 is 9.91. The lowest BCUT2D eigenvalue weighted by Crippen LogP contribution is -2.06. The summed E-state index contributed by atoms with van der Waals surface area (Å²) in [6.07, 6.45) is 8.91. The molecule has 0 aliphatic heterocycles. The smallest absolute Gasteiger partial charge is 0.150 e. The topological polar surface area (TPSA) is 83.8 Å². The Morgan fingerprint density at radius 3 is 2.81 bits per heavy atom. The second-order valence-corrected chi connectivity index (χ2v) is 7.46. The van der Waals surface area contributed by atoms with Crippen LogP contribution in [0.15, 0.2) is 79.8 Å². The summed E-state index contributed by atoms with van der Waals surface area (Å²) in [7, 11) is 0. The van der Waals surface area contributed by atoms with Gasteiger partial charge in [0.2, 0.25) is 0 Å². The van der Waals surface area contributed by atoms with Gasteiger partial charge in [0.1, 0.15) is 24.5 Å². The van der Waals surface area contributed by atoms with Crippen molar-refractivity contribution in [2.45, 2.75) is 6.54 Å². The van der Waals surface area contributed by atoms with Crippen LogP contribution in [0.25, 0.3) is 27.8 Å². The van der Waals surface area contributed by atoms with Crippen LogP contribution in [0.2, 0.25) is 5.02 Å². The largest absolute Gasteiger partial charge is 0.492 e. The van der Waals surface area contributed by atoms with Crippen molar-refractivity contribution in [2.24, 2.45) is 0 Å². The predicted octanol–water partition coefficient (Wildman–Crippen LogP) is 4.60. The Bertz CT molecular complexity index is 1350. The fourth-order valence-electron chi connectivity index (χ4n) is 3.57. The van der Waals surface area contributed by atoms with Crippen LogP contribution in [-0.2, 0) is 6.54 Å². The van der Waals surface area contributed by atoms with E-state index in [0.29, 0.717) is 17.4 Å². The lowest BCUT2D eigenvalue weighted by molar-refractivity contribution is 0.298. The molecule has 2 N–H and O–H groups in total. The Labute approximate surface area is 183 Å². The summed E-state index contributed by atoms with van der Waals surface area (Å²) in [5.74, 6) is 1.19. The molecule has 0 saturated carbocycles. The lowest BCUT2D eigenvalue weighted by atomic mass is 10.1. The number of anilines is 1. The number of hydrogen-bond donors (Lipinski definition) is 1. The van der Waals surface area contributed by atoms with Crippen LogP contribution in [-0.4, -0.2) is 30.7 Å². The van der Waals surface area contributed by atoms with Crippen molar-refractivity contribution in [1.82, 2.24) is 24.1 Å². The molecule has 154 valence electrons. The van der Waals surface area contributed by atoms with Crippen molar-refractivity contribution in [3.63, 3.8) is 0 Å². The van der Waals surface area contributed by atoms with E-state index in [1.165, 1.54) is 6.33 Å². The lowest BCUT2D eigenvalue weighted by Gasteiger charge is -2.10. The predicted molar refractivity (Wildman–Crippen MR) is 121 cm³/mol. The first-order valence-electron chi connectivity index (χ1n) is 9.75. The molecular formula is C23H19ClN6O. The first-order chi connectivity index (χ1) is 15.2. The number of fused-ring (bicyclic) bond motifs is 1. The second-order valence-electron chi connectivity index (χ2n) is 7.03. The first kappa shape index (κ1) is 19.1. The summed E-state index contributed by atoms with van der Waals surface area (Å²) in [6, 6.07) is 15.5. The molecule has 31 heavy (non-hydrogen) atoms. The van der Waals surface area contributed by atoms with Gasteiger partial charge in [-0.1, -0.05) is 29.8 Å². The van der Waals surface area contributed by atoms with E-state index in [0.717, 1.165) is 40.1 Å². The Balaban J connectivity index is 1.52. The summed E-state index contributed by atoms with van der Waals surface area (Å²) in [4.78, 5) is 12.7. The van der Waals surface area contributed by atoms with Crippen molar-refractivity contribution in [2.75, 3.05) is 12.3 Å². The molecule has 0 unspecified atom stereocenters. The van der Waals surface area contributed by atoms with Crippen molar-refractivity contribution in [3.05, 3.63) is 84.8 Å². The second kappa shape index (κ2) is 8.12. The maximum Gasteiger partial charge on any atom is 0.150 e. The van der Waals surface area contributed by atoms with E-state index >= 15 is 0 Å². The Morgan fingerprint density at radius 1 is 1.06 bits per heavy atom. The molecule has 2 aromatic carbocycles. The number of nitrogens with zero attached hydrogens (tertiary/aromatic N) is 5. The highest BCUT2D eigenvalue weighted by Crippen LogP contribution is 2.35. The summed E-state index contributed by atoms with van der Waals surface area (Å²) in [5, 5.41) is 1.44. The van der Waals surface area contributed by atoms with Gasteiger partial charge >= 0.3 is 0 Å². The average Bonchev–Trinajstić information content (AvgIpc) is 3.43. The molecule has 7 nitrogen and oxygen atoms in total. The molecule has 0 saturated heterocycles. The standard InChI is InChI=1S/C23H19ClN6O/c24-17-4-1-3-16(11-17)20-13-30(23-21(20)22(25)27-14-28-23)18-5-2-6-19(12-18)31-10-9-29-8-7-26-15-29/h1-8,11-15H,9-10H2,(H2,25,27,28). The zero-order chi connectivity index (χ0) is 21.2. The van der Waals surface area contributed by atoms with Gasteiger partial charge in [-0.25, -0.2) is 15.0 Å². The van der Waals surface area contributed by atoms with E-state index < -0.39 is 0 Å². The highest BCUT2D eigenvalue weighted by Gasteiger charge is 2.16. The monoisotopic (exact) mass is 430 g/mol. The molecular weight excluding hydrogens is 412 g/mol. The number of nitrogen functional groups attached to an aromatic ring is 1. The van der Waals surface area contributed by atoms with Gasteiger partial charge in [0.05, 0.1) is 23.9 Å². The minimum atomic E-state index is 0.423. The fourth-order valence-corrected chi connectivity index (χ4v) is 3.76. The van der Waals surface area contributed by atoms with Crippen molar-refractivity contribution in [3.8, 4) is 22.6 Å². The molecule has 0 aliphatic carbocycles. The zero-order valence-electron chi connectivity index (χ0n) is 16.5. The van der Waals surface area contributed by atoms with Gasteiger partial charge in [0.25, 0.3) is 0 Å². The Hall–Kier alpha value is -3.84. The van der Waals surface area contributed by atoms with Crippen LogP contribution in [0.5, 0.6) is 5.75 Å². The van der Waals surface area contributed by atoms with Gasteiger partial charge in [-0.15, -0.1) is 0 Å². The highest BCUT2D eigenvalue weighted by atomic mass is 35.5. The summed E-state index contributed by atoms with van der Waals surface area (Å²) >= 11 is 6.22. The molecule has 5 rings (SSSR count). The fraction of sp³-hybridized carbons (Fsp3) is 0.0870. The first-order valence-corrected chi connectivity index (χ1v) is 10.1. The third kappa shape index (κ3) is 3.83. The van der Waals surface area contributed by atoms with E-state index in [-0.39, 0.29) is 0 Å². The van der Waals surface area contributed by atoms with Crippen LogP contribution in [0.3, 0.4) is 0 Å². The van der Waals surface area contributed by atoms with Gasteiger partial charge < -0.3 is 19.6 Å². The molecule has 0 aliphatic rings. The number of aromatic nitrogens is 5. The zero-order valence-corrected chi connectivity index (χ0v) is 17.3. The van der Waals surface area contributed by atoms with Gasteiger partial charge in [-0.2, -0.15) is 0 Å². The number of rotatable bonds is 6. The van der Waals surface area contributed by atoms with Crippen molar-refractivity contribution >= 4 is 28.5 Å². The van der Waals surface area contributed by atoms with E-state index in [1.807, 2.05) is 70.1 Å². The molecule has 3 aromatic heterocycles. The number of halogens is 1. The van der Waals surface area contributed by atoms with Crippen LogP contribution in [0, 0.1) is 0 Å². The van der Waals surface area contributed by atoms with Crippen LogP contribution in [0.4, 0.5) is 5.82 Å². The SMILES string of the molecule is Nc1ncnc2c1c(-c1cccc(Cl)c1)cn2-c1cccc(OCCn2ccnc2)c1. The molecule has 0 atom stereocenters. The number of ether oxygens (including phenoxy) is 1. The van der Waals surface area contributed by atoms with Gasteiger partial charge in [-0.05, 0) is 29.8 Å². The molecule has 5 aromatic rings. The average molecular weight is 431 g/mol. The van der Waals surface area contributed by atoms with Crippen molar-refractivity contribution in [1.29, 1.82) is 0 Å². The molecule has 0 fully saturated rings. The molecule has 0 bridgehead atoms. The van der Waals surface area contributed by atoms with Gasteiger partial charge in [0.15, 0.2) is 5.65 Å². The third-order valence-electron chi connectivity index (χ3n) is 5.02. The maximum absolute atomic E-state index is 6.24. The van der Waals surface area contributed by atoms with Crippen LogP contribution < -0.4 is 10.5 Å². The third-order valence-corrected chi connectivity index (χ3v) is 5.26. The Kier molecular flexibility index (Phi) is 5.01. The summed E-state index contributed by atoms with van der Waals surface area (Å²) in [6.45, 7) is 1.26. The van der Waals surface area contributed by atoms with Gasteiger partial charge in [-0.3, -0.25) is 0 Å². The van der Waals surface area contributed by atoms with E-state index in [2.05, 4.69) is 15.0 Å². The van der Waals surface area contributed by atoms with E-state index in [1.54, 1.807) is 12.5 Å². The minimum Gasteiger partial charge on any atom is -0.492 e.